The van der Waals surface area contributed by atoms with Crippen LogP contribution in [0.4, 0.5) is 0 Å². The number of carboxylic acids is 1. The van der Waals surface area contributed by atoms with E-state index in [0.29, 0.717) is 12.0 Å². The fraction of sp³-hybridized carbons (Fsp3) is 0.529. The maximum atomic E-state index is 12.9. The second-order valence-electron chi connectivity index (χ2n) is 6.43. The smallest absolute Gasteiger partial charge is 0.326 e. The monoisotopic (exact) mass is 331 g/mol. The molecule has 2 fully saturated rings. The summed E-state index contributed by atoms with van der Waals surface area (Å²) in [5.41, 5.74) is 0.543. The van der Waals surface area contributed by atoms with Crippen molar-refractivity contribution in [2.24, 2.45) is 5.92 Å². The Morgan fingerprint density at radius 2 is 2.00 bits per heavy atom. The van der Waals surface area contributed by atoms with Crippen molar-refractivity contribution in [2.45, 2.75) is 44.2 Å². The van der Waals surface area contributed by atoms with E-state index >= 15 is 0 Å². The summed E-state index contributed by atoms with van der Waals surface area (Å²) in [6.07, 6.45) is 5.82. The van der Waals surface area contributed by atoms with Crippen LogP contribution in [-0.2, 0) is 4.79 Å². The lowest BCUT2D eigenvalue weighted by Crippen LogP contribution is -2.46. The Kier molecular flexibility index (Phi) is 4.51. The fourth-order valence-corrected chi connectivity index (χ4v) is 3.90. The van der Waals surface area contributed by atoms with Crippen LogP contribution in [0.3, 0.4) is 0 Å². The van der Waals surface area contributed by atoms with Crippen LogP contribution in [0.1, 0.15) is 53.0 Å². The number of rotatable bonds is 3. The summed E-state index contributed by atoms with van der Waals surface area (Å²) in [5, 5.41) is 12.0. The molecule has 0 radical (unpaired) electrons. The Morgan fingerprint density at radius 3 is 2.62 bits per heavy atom. The third-order valence-electron chi connectivity index (χ3n) is 5.08. The van der Waals surface area contributed by atoms with E-state index in [0.717, 1.165) is 25.7 Å². The number of carbonyl (C=O) groups is 3. The zero-order valence-electron chi connectivity index (χ0n) is 13.6. The molecule has 2 amide bonds. The molecule has 7 nitrogen and oxygen atoms in total. The molecular formula is C17H21N3O4. The van der Waals surface area contributed by atoms with Crippen LogP contribution < -0.4 is 5.32 Å². The molecule has 1 saturated carbocycles. The summed E-state index contributed by atoms with van der Waals surface area (Å²) in [4.78, 5) is 41.6. The van der Waals surface area contributed by atoms with Gasteiger partial charge in [0.25, 0.3) is 11.8 Å². The largest absolute Gasteiger partial charge is 0.480 e. The van der Waals surface area contributed by atoms with Crippen LogP contribution in [0.5, 0.6) is 0 Å². The predicted octanol–water partition coefficient (Wildman–Crippen LogP) is 1.30. The summed E-state index contributed by atoms with van der Waals surface area (Å²) < 4.78 is 0. The van der Waals surface area contributed by atoms with Crippen LogP contribution in [0.2, 0.25) is 0 Å². The number of nitrogens with one attached hydrogen (secondary N) is 1. The number of nitrogens with zero attached hydrogens (tertiary/aromatic N) is 2. The van der Waals surface area contributed by atoms with Crippen molar-refractivity contribution in [3.8, 4) is 0 Å². The average molecular weight is 331 g/mol. The molecule has 3 rings (SSSR count). The molecule has 3 atom stereocenters. The highest BCUT2D eigenvalue weighted by Gasteiger charge is 2.47. The second kappa shape index (κ2) is 6.59. The van der Waals surface area contributed by atoms with Crippen molar-refractivity contribution >= 4 is 17.8 Å². The third kappa shape index (κ3) is 2.86. The van der Waals surface area contributed by atoms with Gasteiger partial charge in [0.1, 0.15) is 11.7 Å². The van der Waals surface area contributed by atoms with Crippen molar-refractivity contribution in [3.05, 3.63) is 29.6 Å². The minimum absolute atomic E-state index is 0.00836. The van der Waals surface area contributed by atoms with Gasteiger partial charge >= 0.3 is 5.97 Å². The summed E-state index contributed by atoms with van der Waals surface area (Å²) in [6.45, 7) is 0. The Hall–Kier alpha value is -2.44. The lowest BCUT2D eigenvalue weighted by atomic mass is 9.84. The number of aliphatic carboxylic acids is 1. The van der Waals surface area contributed by atoms with Gasteiger partial charge < -0.3 is 15.3 Å². The molecule has 24 heavy (non-hydrogen) atoms. The molecule has 1 aromatic rings. The molecular weight excluding hydrogens is 310 g/mol. The molecule has 2 heterocycles. The normalized spacial score (nSPS) is 25.9. The first-order valence-corrected chi connectivity index (χ1v) is 8.26. The molecule has 1 saturated heterocycles. The molecule has 0 spiro atoms. The highest BCUT2D eigenvalue weighted by molar-refractivity contribution is 5.98. The van der Waals surface area contributed by atoms with Gasteiger partial charge in [0.2, 0.25) is 0 Å². The van der Waals surface area contributed by atoms with Crippen molar-refractivity contribution in [1.82, 2.24) is 15.2 Å². The van der Waals surface area contributed by atoms with Crippen LogP contribution in [0.15, 0.2) is 18.3 Å². The topological polar surface area (TPSA) is 99.6 Å². The van der Waals surface area contributed by atoms with E-state index in [2.05, 4.69) is 10.3 Å². The van der Waals surface area contributed by atoms with E-state index in [4.69, 9.17) is 0 Å². The molecule has 1 aliphatic carbocycles. The van der Waals surface area contributed by atoms with Gasteiger partial charge in [-0.25, -0.2) is 4.79 Å². The molecule has 7 heteroatoms. The van der Waals surface area contributed by atoms with E-state index in [-0.39, 0.29) is 29.5 Å². The number of aromatic nitrogens is 1. The number of amides is 2. The number of fused-ring (bicyclic) bond motifs is 1. The second-order valence-corrected chi connectivity index (χ2v) is 6.43. The van der Waals surface area contributed by atoms with Crippen LogP contribution in [0, 0.1) is 5.92 Å². The van der Waals surface area contributed by atoms with Gasteiger partial charge in [-0.1, -0.05) is 12.8 Å². The Morgan fingerprint density at radius 1 is 1.25 bits per heavy atom. The summed E-state index contributed by atoms with van der Waals surface area (Å²) in [7, 11) is 1.51. The quantitative estimate of drug-likeness (QED) is 0.869. The molecule has 1 aliphatic heterocycles. The number of likely N-dealkylation sites (tertiary alicyclic amines) is 1. The Balaban J connectivity index is 1.86. The molecule has 3 unspecified atom stereocenters. The molecule has 0 bridgehead atoms. The minimum Gasteiger partial charge on any atom is -0.480 e. The van der Waals surface area contributed by atoms with Crippen LogP contribution in [0.25, 0.3) is 0 Å². The highest BCUT2D eigenvalue weighted by atomic mass is 16.4. The van der Waals surface area contributed by atoms with E-state index in [1.807, 2.05) is 0 Å². The minimum atomic E-state index is -0.951. The zero-order valence-corrected chi connectivity index (χ0v) is 13.6. The van der Waals surface area contributed by atoms with Gasteiger partial charge in [-0.3, -0.25) is 14.6 Å². The summed E-state index contributed by atoms with van der Waals surface area (Å²) in [6, 6.07) is 2.24. The molecule has 2 aliphatic rings. The molecule has 2 N–H and O–H groups in total. The van der Waals surface area contributed by atoms with Gasteiger partial charge in [0.15, 0.2) is 0 Å². The summed E-state index contributed by atoms with van der Waals surface area (Å²) in [5.74, 6) is -1.33. The van der Waals surface area contributed by atoms with Gasteiger partial charge in [0, 0.05) is 19.3 Å². The van der Waals surface area contributed by atoms with Gasteiger partial charge in [0.05, 0.1) is 5.56 Å². The first-order chi connectivity index (χ1) is 11.5. The lowest BCUT2D eigenvalue weighted by Gasteiger charge is -2.33. The molecule has 1 aromatic heterocycles. The zero-order chi connectivity index (χ0) is 17.3. The van der Waals surface area contributed by atoms with Gasteiger partial charge in [-0.15, -0.1) is 0 Å². The number of hydrogen-bond acceptors (Lipinski definition) is 4. The van der Waals surface area contributed by atoms with Crippen LogP contribution >= 0.6 is 0 Å². The Bertz CT molecular complexity index is 658. The van der Waals surface area contributed by atoms with E-state index in [1.54, 1.807) is 0 Å². The van der Waals surface area contributed by atoms with Crippen molar-refractivity contribution in [2.75, 3.05) is 7.05 Å². The number of carboxylic acid groups (broad SMARTS) is 1. The Labute approximate surface area is 140 Å². The number of pyridine rings is 1. The van der Waals surface area contributed by atoms with Crippen LogP contribution in [-0.4, -0.2) is 51.9 Å². The van der Waals surface area contributed by atoms with Crippen molar-refractivity contribution in [3.63, 3.8) is 0 Å². The van der Waals surface area contributed by atoms with Gasteiger partial charge in [-0.05, 0) is 37.3 Å². The average Bonchev–Trinajstić information content (AvgIpc) is 3.00. The SMILES string of the molecule is CNC(=O)c1ccc(C(=O)N2C(C(=O)O)CC3CCCCC32)cn1. The van der Waals surface area contributed by atoms with E-state index < -0.39 is 12.0 Å². The first kappa shape index (κ1) is 16.4. The van der Waals surface area contributed by atoms with E-state index in [1.165, 1.54) is 30.3 Å². The number of hydrogen-bond donors (Lipinski definition) is 2. The van der Waals surface area contributed by atoms with Crippen molar-refractivity contribution < 1.29 is 19.5 Å². The van der Waals surface area contributed by atoms with E-state index in [9.17, 15) is 19.5 Å². The molecule has 128 valence electrons. The standard InChI is InChI=1S/C17H21N3O4/c1-18-15(21)12-7-6-11(9-19-12)16(22)20-13-5-3-2-4-10(13)8-14(20)17(23)24/h6-7,9-10,13-14H,2-5,8H2,1H3,(H,18,21)(H,23,24). The maximum Gasteiger partial charge on any atom is 0.326 e. The first-order valence-electron chi connectivity index (χ1n) is 8.26. The third-order valence-corrected chi connectivity index (χ3v) is 5.08. The number of carbonyl (C=O) groups excluding carboxylic acids is 2. The lowest BCUT2D eigenvalue weighted by molar-refractivity contribution is -0.141. The molecule has 0 aromatic carbocycles. The summed E-state index contributed by atoms with van der Waals surface area (Å²) >= 11 is 0. The highest BCUT2D eigenvalue weighted by Crippen LogP contribution is 2.40. The predicted molar refractivity (Wildman–Crippen MR) is 85.6 cm³/mol. The fourth-order valence-electron chi connectivity index (χ4n) is 3.90. The maximum absolute atomic E-state index is 12.9. The van der Waals surface area contributed by atoms with Crippen molar-refractivity contribution in [1.29, 1.82) is 0 Å². The van der Waals surface area contributed by atoms with Gasteiger partial charge in [-0.2, -0.15) is 0 Å².